The fraction of sp³-hybridized carbons (Fsp3) is 1.00. The zero-order chi connectivity index (χ0) is 43.5. The van der Waals surface area contributed by atoms with E-state index in [0.29, 0.717) is 0 Å². The Morgan fingerprint density at radius 3 is 0.375 bits per heavy atom. The van der Waals surface area contributed by atoms with Crippen LogP contribution in [0.4, 0.5) is 0 Å². The van der Waals surface area contributed by atoms with E-state index in [1.807, 2.05) is 0 Å². The summed E-state index contributed by atoms with van der Waals surface area (Å²) in [7, 11) is 0. The molecule has 8 heteroatoms. The third kappa shape index (κ3) is 42.3. The summed E-state index contributed by atoms with van der Waals surface area (Å²) in [4.78, 5) is 0. The molecule has 56 heavy (non-hydrogen) atoms. The van der Waals surface area contributed by atoms with Gasteiger partial charge in [0.15, 0.2) is 0 Å². The molecule has 0 aliphatic rings. The van der Waals surface area contributed by atoms with Crippen LogP contribution in [0.1, 0.15) is 237 Å². The van der Waals surface area contributed by atoms with Gasteiger partial charge < -0.3 is 13.4 Å². The molecule has 0 unspecified atom stereocenters. The van der Waals surface area contributed by atoms with Crippen molar-refractivity contribution in [3.8, 4) is 0 Å². The third-order valence-electron chi connectivity index (χ3n) is 11.8. The summed E-state index contributed by atoms with van der Waals surface area (Å²) in [5.41, 5.74) is 0. The molecule has 0 spiro atoms. The van der Waals surface area contributed by atoms with Crippen LogP contribution in [-0.4, -0.2) is 92.0 Å². The molecule has 0 aromatic rings. The Morgan fingerprint density at radius 2 is 0.321 bits per heavy atom. The average Bonchev–Trinajstić information content (AvgIpc) is 3.19. The van der Waals surface area contributed by atoms with E-state index in [-0.39, 0.29) is 0 Å². The molecule has 0 saturated heterocycles. The molecule has 0 radical (unpaired) electrons. The van der Waals surface area contributed by atoms with Gasteiger partial charge in [-0.15, -0.1) is 0 Å². The molecular formula is C48H108N3O4V. The van der Waals surface area contributed by atoms with Crippen molar-refractivity contribution in [3.63, 3.8) is 0 Å². The van der Waals surface area contributed by atoms with Gasteiger partial charge in [-0.1, -0.05) is 160 Å². The third-order valence-corrected chi connectivity index (χ3v) is 11.8. The number of rotatable bonds is 36. The second kappa shape index (κ2) is 44.7. The van der Waals surface area contributed by atoms with Gasteiger partial charge in [0.25, 0.3) is 0 Å². The maximum atomic E-state index is 8.61. The molecule has 0 amide bonds. The Kier molecular flexibility index (Phi) is 50.1. The molecule has 0 aromatic heterocycles. The molecule has 0 atom stereocenters. The topological polar surface area (TPSA) is 86.2 Å². The van der Waals surface area contributed by atoms with Crippen molar-refractivity contribution in [2.45, 2.75) is 237 Å². The predicted molar refractivity (Wildman–Crippen MR) is 239 cm³/mol. The molecule has 0 bridgehead atoms. The first-order valence-electron chi connectivity index (χ1n) is 25.0. The molecule has 344 valence electrons. The van der Waals surface area contributed by atoms with E-state index in [0.717, 1.165) is 0 Å². The number of hydrogen-bond donors (Lipinski definition) is 0. The summed E-state index contributed by atoms with van der Waals surface area (Å²) in [5, 5.41) is 0. The van der Waals surface area contributed by atoms with Crippen LogP contribution in [-0.2, 0) is 18.7 Å². The van der Waals surface area contributed by atoms with E-state index in [1.165, 1.54) is 246 Å². The average molecular weight is 842 g/mol. The van der Waals surface area contributed by atoms with Crippen LogP contribution >= 0.6 is 0 Å². The van der Waals surface area contributed by atoms with Crippen molar-refractivity contribution in [1.82, 2.24) is 0 Å². The summed E-state index contributed by atoms with van der Waals surface area (Å²) in [5.74, 6) is 0. The van der Waals surface area contributed by atoms with E-state index >= 15 is 0 Å². The van der Waals surface area contributed by atoms with E-state index in [9.17, 15) is 0 Å². The Morgan fingerprint density at radius 1 is 0.250 bits per heavy atom. The Bertz CT molecular complexity index is 588. The maximum absolute atomic E-state index is 8.61. The van der Waals surface area contributed by atoms with E-state index in [2.05, 4.69) is 83.1 Å². The van der Waals surface area contributed by atoms with Gasteiger partial charge in [0.05, 0.1) is 78.5 Å². The van der Waals surface area contributed by atoms with Crippen molar-refractivity contribution >= 4 is 0 Å². The van der Waals surface area contributed by atoms with E-state index < -0.39 is 15.0 Å². The van der Waals surface area contributed by atoms with Crippen molar-refractivity contribution in [3.05, 3.63) is 0 Å². The number of quaternary nitrogens is 3. The van der Waals surface area contributed by atoms with Gasteiger partial charge in [-0.3, -0.25) is 0 Å². The zero-order valence-corrected chi connectivity index (χ0v) is 42.3. The summed E-state index contributed by atoms with van der Waals surface area (Å²) in [6, 6.07) is 0. The molecule has 0 aliphatic carbocycles. The summed E-state index contributed by atoms with van der Waals surface area (Å²) in [6.07, 6.45) is 33.2. The quantitative estimate of drug-likeness (QED) is 0.0588. The van der Waals surface area contributed by atoms with Crippen molar-refractivity contribution in [2.24, 2.45) is 0 Å². The fourth-order valence-electron chi connectivity index (χ4n) is 7.93. The van der Waals surface area contributed by atoms with Crippen molar-refractivity contribution in [1.29, 1.82) is 0 Å². The van der Waals surface area contributed by atoms with Gasteiger partial charge in [0, 0.05) is 0 Å². The van der Waals surface area contributed by atoms with Gasteiger partial charge in [-0.25, -0.2) is 0 Å². The van der Waals surface area contributed by atoms with Crippen molar-refractivity contribution < 1.29 is 44.2 Å². The molecule has 0 aromatic carbocycles. The molecule has 7 nitrogen and oxygen atoms in total. The van der Waals surface area contributed by atoms with Gasteiger partial charge in [-0.05, 0) is 77.0 Å². The van der Waals surface area contributed by atoms with Crippen LogP contribution in [0.5, 0.6) is 0 Å². The van der Waals surface area contributed by atoms with Gasteiger partial charge in [0.2, 0.25) is 0 Å². The second-order valence-corrected chi connectivity index (χ2v) is 18.8. The monoisotopic (exact) mass is 842 g/mol. The Hall–Kier alpha value is 0.144. The van der Waals surface area contributed by atoms with E-state index in [4.69, 9.17) is 15.8 Å². The number of unbranched alkanes of at least 4 members (excludes halogenated alkanes) is 12. The Balaban J connectivity index is -0.000000340. The van der Waals surface area contributed by atoms with Crippen LogP contribution in [0.3, 0.4) is 0 Å². The first-order chi connectivity index (χ1) is 26.7. The SMILES string of the molecule is CCCC[N+](CCCC)(CCCC)CCCC.CCCC[N+](CCCC)(CCCC)CCCC.CCCC[N+](CCCC)(CCCC)CCCC.[O]=[V]([O-])([O-])[O-]. The first kappa shape index (κ1) is 62.8. The van der Waals surface area contributed by atoms with Gasteiger partial charge in [0.1, 0.15) is 0 Å². The predicted octanol–water partition coefficient (Wildman–Crippen LogP) is 11.3. The molecule has 0 N–H and O–H groups in total. The van der Waals surface area contributed by atoms with Crippen LogP contribution in [0.25, 0.3) is 0 Å². The minimum absolute atomic E-state index is 1.35. The Labute approximate surface area is 358 Å². The van der Waals surface area contributed by atoms with Crippen LogP contribution in [0.2, 0.25) is 0 Å². The summed E-state index contributed by atoms with van der Waals surface area (Å²) >= 11 is -5.88. The fourth-order valence-corrected chi connectivity index (χ4v) is 7.93. The van der Waals surface area contributed by atoms with Crippen molar-refractivity contribution in [2.75, 3.05) is 78.5 Å². The van der Waals surface area contributed by atoms with Crippen LogP contribution < -0.4 is 12.1 Å². The normalized spacial score (nSPS) is 12.0. The number of hydrogen-bond acceptors (Lipinski definition) is 4. The standard InChI is InChI=1S/3C16H36N.4O.V/c3*1-5-9-13-17(14-10-6-2,15-11-7-3)16-12-8-4;;;;;/h3*5-16H2,1-4H3;;;;;/q3*+1;;3*-1;. The van der Waals surface area contributed by atoms with Gasteiger partial charge >= 0.3 is 30.8 Å². The molecule has 0 fully saturated rings. The molecule has 0 heterocycles. The summed E-state index contributed by atoms with van der Waals surface area (Å²) < 4.78 is 38.7. The molecule has 0 saturated carbocycles. The minimum atomic E-state index is -5.88. The first-order valence-corrected chi connectivity index (χ1v) is 27.3. The molecule has 0 rings (SSSR count). The van der Waals surface area contributed by atoms with Crippen LogP contribution in [0.15, 0.2) is 0 Å². The van der Waals surface area contributed by atoms with Gasteiger partial charge in [-0.2, -0.15) is 0 Å². The zero-order valence-electron chi connectivity index (χ0n) is 40.9. The second-order valence-electron chi connectivity index (χ2n) is 17.4. The van der Waals surface area contributed by atoms with Crippen LogP contribution in [0, 0.1) is 0 Å². The number of nitrogens with zero attached hydrogens (tertiary/aromatic N) is 3. The summed E-state index contributed by atoms with van der Waals surface area (Å²) in [6.45, 7) is 45.1. The molecular weight excluding hydrogens is 733 g/mol. The van der Waals surface area contributed by atoms with E-state index in [1.54, 1.807) is 0 Å². The molecule has 0 aliphatic heterocycles.